The summed E-state index contributed by atoms with van der Waals surface area (Å²) in [5.74, 6) is 0.236. The van der Waals surface area contributed by atoms with E-state index >= 15 is 0 Å². The zero-order chi connectivity index (χ0) is 21.8. The van der Waals surface area contributed by atoms with Gasteiger partial charge in [0.25, 0.3) is 0 Å². The van der Waals surface area contributed by atoms with E-state index in [2.05, 4.69) is 17.5 Å². The van der Waals surface area contributed by atoms with Crippen molar-refractivity contribution in [2.75, 3.05) is 0 Å². The highest BCUT2D eigenvalue weighted by Crippen LogP contribution is 2.65. The lowest BCUT2D eigenvalue weighted by Crippen LogP contribution is -2.51. The van der Waals surface area contributed by atoms with Gasteiger partial charge in [0.05, 0.1) is 11.8 Å². The Bertz CT molecular complexity index is 1060. The number of likely N-dealkylation sites (tertiary alicyclic amines) is 1. The summed E-state index contributed by atoms with van der Waals surface area (Å²) >= 11 is 0. The second-order valence-electron chi connectivity index (χ2n) is 9.61. The number of nitrogens with one attached hydrogen (secondary N) is 1. The summed E-state index contributed by atoms with van der Waals surface area (Å²) in [5, 5.41) is 2.97. The van der Waals surface area contributed by atoms with E-state index in [1.165, 1.54) is 4.90 Å². The second-order valence-corrected chi connectivity index (χ2v) is 9.61. The summed E-state index contributed by atoms with van der Waals surface area (Å²) in [5.41, 5.74) is 1.92. The lowest BCUT2D eigenvalue weighted by Gasteiger charge is -2.37. The monoisotopic (exact) mass is 426 g/mol. The molecule has 7 rings (SSSR count). The molecule has 2 bridgehead atoms. The Hall–Kier alpha value is -3.21. The minimum atomic E-state index is -0.831. The van der Waals surface area contributed by atoms with E-state index in [1.807, 2.05) is 60.7 Å². The lowest BCUT2D eigenvalue weighted by molar-refractivity contribution is -0.148. The topological polar surface area (TPSA) is 66.5 Å². The summed E-state index contributed by atoms with van der Waals surface area (Å²) in [4.78, 5) is 41.9. The number of amides is 3. The number of benzene rings is 2. The molecule has 5 heteroatoms. The molecule has 5 aliphatic rings. The first-order chi connectivity index (χ1) is 15.6. The number of hydrogen-bond donors (Lipinski definition) is 1. The molecular weight excluding hydrogens is 400 g/mol. The normalized spacial score (nSPS) is 32.4. The molecular formula is C27H26N2O3. The van der Waals surface area contributed by atoms with Crippen molar-refractivity contribution in [3.63, 3.8) is 0 Å². The first kappa shape index (κ1) is 19.5. The molecule has 2 saturated carbocycles. The number of imide groups is 1. The van der Waals surface area contributed by atoms with Gasteiger partial charge in [0.15, 0.2) is 0 Å². The third kappa shape index (κ3) is 3.02. The van der Waals surface area contributed by atoms with Crippen LogP contribution < -0.4 is 5.32 Å². The molecule has 0 spiro atoms. The first-order valence-corrected chi connectivity index (χ1v) is 11.5. The SMILES string of the molecule is O=C(NCc1ccccc1)[C@@H](Cc1ccccc1)N1C(=O)[C@H]2[C@@H]3C=C[C@H]([C@@H]4C[C@H]34)[C@@H]2C1=O. The molecule has 1 aliphatic heterocycles. The molecule has 2 aromatic carbocycles. The standard InChI is InChI=1S/C27H26N2O3/c30-25(28-15-17-9-5-2-6-10-17)22(13-16-7-3-1-4-8-16)29-26(31)23-18-11-12-19(21-14-20(18)21)24(23)27(29)32/h1-12,18-24H,13-15H2,(H,28,30)/t18-,19-,20-,21+,22-,23+,24+/m1/s1. The van der Waals surface area contributed by atoms with E-state index in [0.717, 1.165) is 17.5 Å². The van der Waals surface area contributed by atoms with Crippen LogP contribution in [-0.2, 0) is 27.3 Å². The molecule has 3 fully saturated rings. The molecule has 2 aromatic rings. The maximum absolute atomic E-state index is 13.6. The number of carbonyl (C=O) groups excluding carboxylic acids is 3. The number of carbonyl (C=O) groups is 3. The van der Waals surface area contributed by atoms with E-state index in [0.29, 0.717) is 24.8 Å². The van der Waals surface area contributed by atoms with Gasteiger partial charge in [0, 0.05) is 13.0 Å². The van der Waals surface area contributed by atoms with Crippen LogP contribution in [0.1, 0.15) is 17.5 Å². The van der Waals surface area contributed by atoms with Crippen molar-refractivity contribution in [1.29, 1.82) is 0 Å². The predicted molar refractivity (Wildman–Crippen MR) is 119 cm³/mol. The van der Waals surface area contributed by atoms with Crippen molar-refractivity contribution >= 4 is 17.7 Å². The number of rotatable bonds is 6. The van der Waals surface area contributed by atoms with Crippen LogP contribution >= 0.6 is 0 Å². The van der Waals surface area contributed by atoms with Crippen LogP contribution in [0.25, 0.3) is 0 Å². The van der Waals surface area contributed by atoms with Gasteiger partial charge in [0.2, 0.25) is 17.7 Å². The van der Waals surface area contributed by atoms with Crippen LogP contribution in [0.4, 0.5) is 0 Å². The Balaban J connectivity index is 1.29. The molecule has 162 valence electrons. The molecule has 0 aromatic heterocycles. The van der Waals surface area contributed by atoms with Crippen molar-refractivity contribution in [3.8, 4) is 0 Å². The number of nitrogens with zero attached hydrogens (tertiary/aromatic N) is 1. The second kappa shape index (κ2) is 7.44. The van der Waals surface area contributed by atoms with Gasteiger partial charge in [-0.2, -0.15) is 0 Å². The highest BCUT2D eigenvalue weighted by atomic mass is 16.2. The summed E-state index contributed by atoms with van der Waals surface area (Å²) in [6.45, 7) is 0.366. The fourth-order valence-corrected chi connectivity index (χ4v) is 6.33. The van der Waals surface area contributed by atoms with Crippen molar-refractivity contribution in [1.82, 2.24) is 10.2 Å². The summed E-state index contributed by atoms with van der Waals surface area (Å²) in [7, 11) is 0. The van der Waals surface area contributed by atoms with E-state index in [4.69, 9.17) is 0 Å². The van der Waals surface area contributed by atoms with Gasteiger partial charge in [-0.3, -0.25) is 19.3 Å². The Morgan fingerprint density at radius 1 is 0.844 bits per heavy atom. The summed E-state index contributed by atoms with van der Waals surface area (Å²) < 4.78 is 0. The highest BCUT2D eigenvalue weighted by Gasteiger charge is 2.67. The van der Waals surface area contributed by atoms with Crippen LogP contribution in [0.2, 0.25) is 0 Å². The van der Waals surface area contributed by atoms with Crippen molar-refractivity contribution in [2.24, 2.45) is 35.5 Å². The molecule has 0 unspecified atom stereocenters. The average molecular weight is 427 g/mol. The Kier molecular flexibility index (Phi) is 4.53. The molecule has 7 atom stereocenters. The molecule has 5 nitrogen and oxygen atoms in total. The van der Waals surface area contributed by atoms with E-state index in [1.54, 1.807) is 0 Å². The lowest BCUT2D eigenvalue weighted by atomic mass is 9.63. The first-order valence-electron chi connectivity index (χ1n) is 11.5. The number of allylic oxidation sites excluding steroid dienone is 2. The van der Waals surface area contributed by atoms with Crippen molar-refractivity contribution in [2.45, 2.75) is 25.4 Å². The minimum Gasteiger partial charge on any atom is -0.350 e. The van der Waals surface area contributed by atoms with Crippen molar-refractivity contribution < 1.29 is 14.4 Å². The third-order valence-corrected chi connectivity index (χ3v) is 7.89. The van der Waals surface area contributed by atoms with Gasteiger partial charge in [-0.1, -0.05) is 72.8 Å². The van der Waals surface area contributed by atoms with Gasteiger partial charge >= 0.3 is 0 Å². The zero-order valence-electron chi connectivity index (χ0n) is 17.8. The molecule has 0 radical (unpaired) electrons. The van der Waals surface area contributed by atoms with Gasteiger partial charge in [-0.15, -0.1) is 0 Å². The quantitative estimate of drug-likeness (QED) is 0.571. The largest absolute Gasteiger partial charge is 0.350 e. The van der Waals surface area contributed by atoms with E-state index < -0.39 is 6.04 Å². The fourth-order valence-electron chi connectivity index (χ4n) is 6.33. The van der Waals surface area contributed by atoms with E-state index in [9.17, 15) is 14.4 Å². The van der Waals surface area contributed by atoms with E-state index in [-0.39, 0.29) is 41.4 Å². The van der Waals surface area contributed by atoms with Gasteiger partial charge in [0.1, 0.15) is 6.04 Å². The molecule has 1 heterocycles. The maximum atomic E-state index is 13.6. The summed E-state index contributed by atoms with van der Waals surface area (Å²) in [6.07, 6.45) is 5.78. The maximum Gasteiger partial charge on any atom is 0.243 e. The van der Waals surface area contributed by atoms with Crippen molar-refractivity contribution in [3.05, 3.63) is 83.9 Å². The van der Waals surface area contributed by atoms with Gasteiger partial charge in [-0.25, -0.2) is 0 Å². The highest BCUT2D eigenvalue weighted by molar-refractivity contribution is 6.09. The third-order valence-electron chi connectivity index (χ3n) is 7.89. The molecule has 1 saturated heterocycles. The average Bonchev–Trinajstić information content (AvgIpc) is 3.61. The van der Waals surface area contributed by atoms with Crippen LogP contribution in [0, 0.1) is 35.5 Å². The number of hydrogen-bond acceptors (Lipinski definition) is 3. The Labute approximate surface area is 187 Å². The van der Waals surface area contributed by atoms with Gasteiger partial charge in [-0.05, 0) is 41.2 Å². The zero-order valence-corrected chi connectivity index (χ0v) is 17.8. The van der Waals surface area contributed by atoms with Gasteiger partial charge < -0.3 is 5.32 Å². The van der Waals surface area contributed by atoms with Crippen LogP contribution in [0.3, 0.4) is 0 Å². The minimum absolute atomic E-state index is 0.152. The smallest absolute Gasteiger partial charge is 0.243 e. The summed E-state index contributed by atoms with van der Waals surface area (Å²) in [6, 6.07) is 18.5. The van der Waals surface area contributed by atoms with Crippen LogP contribution in [-0.4, -0.2) is 28.7 Å². The fraction of sp³-hybridized carbons (Fsp3) is 0.370. The Morgan fingerprint density at radius 2 is 1.38 bits per heavy atom. The Morgan fingerprint density at radius 3 is 1.94 bits per heavy atom. The molecule has 32 heavy (non-hydrogen) atoms. The molecule has 4 aliphatic carbocycles. The van der Waals surface area contributed by atoms with Crippen LogP contribution in [0.15, 0.2) is 72.8 Å². The van der Waals surface area contributed by atoms with Crippen LogP contribution in [0.5, 0.6) is 0 Å². The predicted octanol–water partition coefficient (Wildman–Crippen LogP) is 2.97. The molecule has 3 amide bonds. The molecule has 1 N–H and O–H groups in total.